The largest absolute Gasteiger partial charge is 0.508 e. The summed E-state index contributed by atoms with van der Waals surface area (Å²) < 4.78 is 7.06. The number of aromatic hydroxyl groups is 1. The SMILES string of the molecule is O=C(NC[C@]12CCC(O1)C13Cc4ccc(O)cc4C(CCN1CC1CC1)C32)c1cccc2ccccc12. The average molecular weight is 495 g/mol. The highest BCUT2D eigenvalue weighted by Gasteiger charge is 2.73. The van der Waals surface area contributed by atoms with Gasteiger partial charge in [0, 0.05) is 24.6 Å². The fourth-order valence-electron chi connectivity index (χ4n) is 8.72. The molecule has 3 aliphatic heterocycles. The average Bonchev–Trinajstić information content (AvgIpc) is 3.56. The summed E-state index contributed by atoms with van der Waals surface area (Å²) in [4.78, 5) is 16.3. The maximum Gasteiger partial charge on any atom is 0.252 e. The molecule has 8 rings (SSSR count). The molecule has 4 fully saturated rings. The number of piperidine rings is 1. The number of rotatable bonds is 5. The topological polar surface area (TPSA) is 61.8 Å². The van der Waals surface area contributed by atoms with Gasteiger partial charge in [-0.2, -0.15) is 0 Å². The van der Waals surface area contributed by atoms with Gasteiger partial charge in [-0.3, -0.25) is 9.69 Å². The van der Waals surface area contributed by atoms with Gasteiger partial charge in [-0.05, 0) is 97.0 Å². The molecule has 5 heteroatoms. The summed E-state index contributed by atoms with van der Waals surface area (Å²) in [5, 5.41) is 15.8. The fourth-order valence-corrected chi connectivity index (χ4v) is 8.72. The smallest absolute Gasteiger partial charge is 0.252 e. The lowest BCUT2D eigenvalue weighted by molar-refractivity contribution is -0.0545. The Morgan fingerprint density at radius 2 is 1.92 bits per heavy atom. The number of carbonyl (C=O) groups excluding carboxylic acids is 1. The highest BCUT2D eigenvalue weighted by atomic mass is 16.5. The number of phenolic OH excluding ortho intramolecular Hbond substituents is 1. The Kier molecular flexibility index (Phi) is 4.67. The number of hydrogen-bond donors (Lipinski definition) is 2. The van der Waals surface area contributed by atoms with Crippen LogP contribution in [0.5, 0.6) is 5.75 Å². The van der Waals surface area contributed by atoms with E-state index in [0.29, 0.717) is 24.1 Å². The van der Waals surface area contributed by atoms with E-state index in [-0.39, 0.29) is 23.2 Å². The first kappa shape index (κ1) is 22.1. The molecule has 3 aromatic carbocycles. The Balaban J connectivity index is 1.16. The van der Waals surface area contributed by atoms with Crippen LogP contribution in [0.3, 0.4) is 0 Å². The second-order valence-corrected chi connectivity index (χ2v) is 12.2. The zero-order valence-electron chi connectivity index (χ0n) is 21.2. The molecular weight excluding hydrogens is 460 g/mol. The first-order chi connectivity index (χ1) is 18.1. The highest BCUT2D eigenvalue weighted by Crippen LogP contribution is 2.66. The van der Waals surface area contributed by atoms with Crippen LogP contribution >= 0.6 is 0 Å². The van der Waals surface area contributed by atoms with Crippen molar-refractivity contribution in [2.75, 3.05) is 19.6 Å². The minimum Gasteiger partial charge on any atom is -0.508 e. The summed E-state index contributed by atoms with van der Waals surface area (Å²) in [6.07, 6.45) is 7.02. The van der Waals surface area contributed by atoms with Crippen LogP contribution in [0.1, 0.15) is 59.5 Å². The van der Waals surface area contributed by atoms with Crippen molar-refractivity contribution in [3.05, 3.63) is 77.4 Å². The predicted octanol–water partition coefficient (Wildman–Crippen LogP) is 5.02. The van der Waals surface area contributed by atoms with Crippen molar-refractivity contribution in [3.8, 4) is 5.75 Å². The number of carbonyl (C=O) groups is 1. The minimum absolute atomic E-state index is 0.00208. The number of benzene rings is 3. The molecule has 5 aliphatic rings. The summed E-state index contributed by atoms with van der Waals surface area (Å²) in [6, 6.07) is 20.0. The van der Waals surface area contributed by atoms with Gasteiger partial charge in [-0.25, -0.2) is 0 Å². The van der Waals surface area contributed by atoms with Crippen LogP contribution in [0.15, 0.2) is 60.7 Å². The lowest BCUT2D eigenvalue weighted by Crippen LogP contribution is -2.70. The van der Waals surface area contributed by atoms with E-state index in [1.54, 1.807) is 0 Å². The number of nitrogens with one attached hydrogen (secondary N) is 1. The summed E-state index contributed by atoms with van der Waals surface area (Å²) in [5.41, 5.74) is 3.05. The van der Waals surface area contributed by atoms with Gasteiger partial charge in [0.1, 0.15) is 5.75 Å². The van der Waals surface area contributed by atoms with Gasteiger partial charge in [0.2, 0.25) is 0 Å². The Bertz CT molecular complexity index is 1410. The Labute approximate surface area is 217 Å². The van der Waals surface area contributed by atoms with Crippen LogP contribution in [0.25, 0.3) is 10.8 Å². The molecule has 3 aromatic rings. The summed E-state index contributed by atoms with van der Waals surface area (Å²) in [6.45, 7) is 2.82. The molecule has 1 amide bonds. The molecule has 5 nitrogen and oxygen atoms in total. The molecule has 0 radical (unpaired) electrons. The monoisotopic (exact) mass is 494 g/mol. The van der Waals surface area contributed by atoms with E-state index in [0.717, 1.165) is 54.5 Å². The zero-order valence-corrected chi connectivity index (χ0v) is 21.2. The maximum atomic E-state index is 13.5. The van der Waals surface area contributed by atoms with E-state index < -0.39 is 0 Å². The second kappa shape index (κ2) is 7.81. The predicted molar refractivity (Wildman–Crippen MR) is 143 cm³/mol. The lowest BCUT2D eigenvalue weighted by atomic mass is 9.52. The quantitative estimate of drug-likeness (QED) is 0.523. The van der Waals surface area contributed by atoms with Crippen LogP contribution in [0.4, 0.5) is 0 Å². The highest BCUT2D eigenvalue weighted by molar-refractivity contribution is 6.07. The zero-order chi connectivity index (χ0) is 24.8. The molecule has 4 unspecified atom stereocenters. The van der Waals surface area contributed by atoms with E-state index in [1.807, 2.05) is 42.5 Å². The summed E-state index contributed by atoms with van der Waals surface area (Å²) >= 11 is 0. The van der Waals surface area contributed by atoms with Crippen molar-refractivity contribution in [1.29, 1.82) is 0 Å². The van der Waals surface area contributed by atoms with Gasteiger partial charge >= 0.3 is 0 Å². The van der Waals surface area contributed by atoms with E-state index >= 15 is 0 Å². The third-order valence-corrected chi connectivity index (χ3v) is 10.3. The minimum atomic E-state index is -0.360. The van der Waals surface area contributed by atoms with Crippen LogP contribution in [0, 0.1) is 11.8 Å². The van der Waals surface area contributed by atoms with Crippen molar-refractivity contribution in [3.63, 3.8) is 0 Å². The first-order valence-electron chi connectivity index (χ1n) is 14.1. The molecule has 1 saturated carbocycles. The van der Waals surface area contributed by atoms with Crippen molar-refractivity contribution in [1.82, 2.24) is 10.2 Å². The summed E-state index contributed by atoms with van der Waals surface area (Å²) in [5.74, 6) is 1.84. The van der Waals surface area contributed by atoms with Crippen LogP contribution < -0.4 is 5.32 Å². The van der Waals surface area contributed by atoms with Gasteiger partial charge in [0.05, 0.1) is 17.2 Å². The number of hydrogen-bond acceptors (Lipinski definition) is 4. The molecule has 2 N–H and O–H groups in total. The van der Waals surface area contributed by atoms with Gasteiger partial charge in [-0.1, -0.05) is 42.5 Å². The standard InChI is InChI=1S/C32H34N2O3/c35-23-11-10-22-17-32-28-12-14-31(37-28,19-33-30(36)26-7-3-5-21-4-1-2-6-24(21)26)29(32)25(27(22)16-23)13-15-34(32)18-20-8-9-20/h1-7,10-11,16,20,25,28-29,35H,8-9,12-15,17-19H2,(H,33,36)/t25?,28?,29?,31-,32?/m0/s1. The fraction of sp³-hybridized carbons (Fsp3) is 0.469. The molecule has 37 heavy (non-hydrogen) atoms. The van der Waals surface area contributed by atoms with Crippen molar-refractivity contribution < 1.29 is 14.6 Å². The Morgan fingerprint density at radius 3 is 2.81 bits per heavy atom. The van der Waals surface area contributed by atoms with E-state index in [1.165, 1.54) is 30.5 Å². The molecule has 3 heterocycles. The maximum absolute atomic E-state index is 13.5. The molecule has 5 atom stereocenters. The molecular formula is C32H34N2O3. The van der Waals surface area contributed by atoms with Crippen molar-refractivity contribution in [2.24, 2.45) is 11.8 Å². The Morgan fingerprint density at radius 1 is 1.05 bits per heavy atom. The van der Waals surface area contributed by atoms with Gasteiger partial charge in [0.15, 0.2) is 0 Å². The number of ether oxygens (including phenoxy) is 1. The third kappa shape index (κ3) is 3.13. The summed E-state index contributed by atoms with van der Waals surface area (Å²) in [7, 11) is 0. The number of fused-ring (bicyclic) bond motifs is 5. The molecule has 3 saturated heterocycles. The number of likely N-dealkylation sites (tertiary alicyclic amines) is 1. The van der Waals surface area contributed by atoms with Crippen LogP contribution in [-0.4, -0.2) is 52.8 Å². The molecule has 2 aliphatic carbocycles. The van der Waals surface area contributed by atoms with E-state index in [4.69, 9.17) is 4.74 Å². The number of phenols is 1. The number of nitrogens with zero attached hydrogens (tertiary/aromatic N) is 1. The van der Waals surface area contributed by atoms with Gasteiger partial charge < -0.3 is 15.2 Å². The van der Waals surface area contributed by atoms with E-state index in [2.05, 4.69) is 28.4 Å². The lowest BCUT2D eigenvalue weighted by Gasteiger charge is -2.60. The Hall–Kier alpha value is -2.89. The molecule has 190 valence electrons. The van der Waals surface area contributed by atoms with Crippen molar-refractivity contribution in [2.45, 2.75) is 61.7 Å². The van der Waals surface area contributed by atoms with Crippen LogP contribution in [-0.2, 0) is 11.2 Å². The molecule has 4 bridgehead atoms. The first-order valence-corrected chi connectivity index (χ1v) is 14.1. The van der Waals surface area contributed by atoms with Crippen LogP contribution in [0.2, 0.25) is 0 Å². The second-order valence-electron chi connectivity index (χ2n) is 12.2. The normalized spacial score (nSPS) is 33.8. The van der Waals surface area contributed by atoms with Gasteiger partial charge in [-0.15, -0.1) is 0 Å². The van der Waals surface area contributed by atoms with E-state index in [9.17, 15) is 9.90 Å². The third-order valence-electron chi connectivity index (χ3n) is 10.3. The molecule has 0 spiro atoms. The van der Waals surface area contributed by atoms with Gasteiger partial charge in [0.25, 0.3) is 5.91 Å². The van der Waals surface area contributed by atoms with Crippen molar-refractivity contribution >= 4 is 16.7 Å². The number of amides is 1. The molecule has 0 aromatic heterocycles.